The lowest BCUT2D eigenvalue weighted by Crippen LogP contribution is -2.24. The van der Waals surface area contributed by atoms with Gasteiger partial charge < -0.3 is 9.30 Å². The van der Waals surface area contributed by atoms with Gasteiger partial charge in [-0.25, -0.2) is 14.9 Å². The zero-order chi connectivity index (χ0) is 21.5. The quantitative estimate of drug-likeness (QED) is 0.462. The first kappa shape index (κ1) is 19.3. The Balaban J connectivity index is 1.54. The highest BCUT2D eigenvalue weighted by atomic mass is 32.1. The predicted molar refractivity (Wildman–Crippen MR) is 122 cm³/mol. The van der Waals surface area contributed by atoms with Crippen LogP contribution in [0.15, 0.2) is 64.2 Å². The molecule has 2 N–H and O–H groups in total. The number of pyridine rings is 1. The summed E-state index contributed by atoms with van der Waals surface area (Å²) in [6.45, 7) is 2.32. The summed E-state index contributed by atoms with van der Waals surface area (Å²) < 4.78 is 9.40. The molecule has 0 bridgehead atoms. The first-order valence-corrected chi connectivity index (χ1v) is 10.8. The minimum atomic E-state index is -0.173. The minimum absolute atomic E-state index is 0.132. The van der Waals surface area contributed by atoms with Crippen LogP contribution in [0.2, 0.25) is 0 Å². The molecule has 3 aromatic heterocycles. The lowest BCUT2D eigenvalue weighted by Gasteiger charge is -2.10. The lowest BCUT2D eigenvalue weighted by atomic mass is 10.1. The Hall–Kier alpha value is -3.65. The third kappa shape index (κ3) is 3.34. The molecule has 0 spiro atoms. The van der Waals surface area contributed by atoms with E-state index in [1.54, 1.807) is 11.7 Å². The smallest absolute Gasteiger partial charge is 0.369 e. The van der Waals surface area contributed by atoms with Crippen molar-refractivity contribution in [3.8, 4) is 10.9 Å². The monoisotopic (exact) mass is 433 g/mol. The van der Waals surface area contributed by atoms with E-state index in [2.05, 4.69) is 10.1 Å². The first-order chi connectivity index (χ1) is 15.0. The van der Waals surface area contributed by atoms with E-state index in [0.29, 0.717) is 34.7 Å². The van der Waals surface area contributed by atoms with Crippen molar-refractivity contribution in [1.82, 2.24) is 14.3 Å². The molecule has 0 aliphatic heterocycles. The van der Waals surface area contributed by atoms with Crippen LogP contribution in [-0.2, 0) is 13.0 Å². The summed E-state index contributed by atoms with van der Waals surface area (Å²) in [6, 6.07) is 17.2. The highest BCUT2D eigenvalue weighted by molar-refractivity contribution is 7.20. The van der Waals surface area contributed by atoms with Gasteiger partial charge in [-0.2, -0.15) is 0 Å². The van der Waals surface area contributed by atoms with Gasteiger partial charge in [0.1, 0.15) is 16.7 Å². The molecule has 0 aliphatic rings. The molecule has 0 aliphatic carbocycles. The van der Waals surface area contributed by atoms with E-state index in [4.69, 9.17) is 4.74 Å². The summed E-state index contributed by atoms with van der Waals surface area (Å²) in [5.41, 5.74) is 2.96. The number of ether oxygens (including phenoxy) is 1. The fraction of sp³-hybridized carbons (Fsp3) is 0.174. The van der Waals surface area contributed by atoms with Gasteiger partial charge in [-0.15, -0.1) is 0 Å². The van der Waals surface area contributed by atoms with Gasteiger partial charge in [0.05, 0.1) is 17.3 Å². The van der Waals surface area contributed by atoms with Gasteiger partial charge >= 0.3 is 10.7 Å². The third-order valence-electron chi connectivity index (χ3n) is 5.54. The van der Waals surface area contributed by atoms with Crippen LogP contribution in [0.3, 0.4) is 0 Å². The maximum absolute atomic E-state index is 13.2. The number of aryl methyl sites for hydroxylation is 2. The largest absolute Gasteiger partial charge is 0.497 e. The van der Waals surface area contributed by atoms with E-state index in [-0.39, 0.29) is 11.1 Å². The molecular formula is C23H21N4O3S+. The molecule has 8 heteroatoms. The number of rotatable bonds is 5. The second-order valence-electron chi connectivity index (χ2n) is 7.39. The van der Waals surface area contributed by atoms with Crippen LogP contribution < -0.4 is 20.8 Å². The fourth-order valence-electron chi connectivity index (χ4n) is 3.87. The topological polar surface area (TPSA) is 83.2 Å². The Morgan fingerprint density at radius 2 is 1.87 bits per heavy atom. The van der Waals surface area contributed by atoms with Crippen molar-refractivity contribution in [2.45, 2.75) is 19.9 Å². The molecule has 156 valence electrons. The lowest BCUT2D eigenvalue weighted by molar-refractivity contribution is -0.334. The van der Waals surface area contributed by atoms with Crippen molar-refractivity contribution in [2.75, 3.05) is 7.11 Å². The van der Waals surface area contributed by atoms with Crippen molar-refractivity contribution < 1.29 is 9.72 Å². The highest BCUT2D eigenvalue weighted by Crippen LogP contribution is 2.21. The average molecular weight is 434 g/mol. The second-order valence-corrected chi connectivity index (χ2v) is 8.42. The Kier molecular flexibility index (Phi) is 4.71. The molecule has 0 atom stereocenters. The molecule has 3 heterocycles. The van der Waals surface area contributed by atoms with Crippen molar-refractivity contribution in [3.63, 3.8) is 0 Å². The fourth-order valence-corrected chi connectivity index (χ4v) is 4.83. The SMILES string of the molecule is COc1ccc(CCn2c(C)c3c(=O)n(-c4[nH+]c5ccccc5s4)[nH]c3cc2=O)cc1. The molecule has 0 unspecified atom stereocenters. The van der Waals surface area contributed by atoms with Gasteiger partial charge in [-0.1, -0.05) is 28.9 Å². The molecule has 5 aromatic rings. The van der Waals surface area contributed by atoms with Crippen LogP contribution in [0.1, 0.15) is 11.3 Å². The second kappa shape index (κ2) is 7.55. The number of hydrogen-bond donors (Lipinski definition) is 1. The van der Waals surface area contributed by atoms with Gasteiger partial charge in [0, 0.05) is 18.3 Å². The summed E-state index contributed by atoms with van der Waals surface area (Å²) >= 11 is 1.49. The Morgan fingerprint density at radius 3 is 2.61 bits per heavy atom. The number of H-pyrrole nitrogens is 2. The Bertz CT molecular complexity index is 1490. The first-order valence-electron chi connectivity index (χ1n) is 9.94. The number of thiazole rings is 1. The zero-order valence-electron chi connectivity index (χ0n) is 17.1. The van der Waals surface area contributed by atoms with Crippen molar-refractivity contribution in [2.24, 2.45) is 0 Å². The van der Waals surface area contributed by atoms with Crippen LogP contribution >= 0.6 is 11.3 Å². The highest BCUT2D eigenvalue weighted by Gasteiger charge is 2.22. The molecule has 0 radical (unpaired) electrons. The van der Waals surface area contributed by atoms with E-state index in [1.807, 2.05) is 55.5 Å². The number of aromatic nitrogens is 4. The Morgan fingerprint density at radius 1 is 1.10 bits per heavy atom. The predicted octanol–water partition coefficient (Wildman–Crippen LogP) is 3.07. The average Bonchev–Trinajstić information content (AvgIpc) is 3.34. The molecule has 0 amide bonds. The molecule has 31 heavy (non-hydrogen) atoms. The molecule has 0 saturated carbocycles. The molecule has 5 rings (SSSR count). The summed E-state index contributed by atoms with van der Waals surface area (Å²) in [7, 11) is 1.63. The van der Waals surface area contributed by atoms with Crippen LogP contribution in [0.4, 0.5) is 0 Å². The van der Waals surface area contributed by atoms with Crippen molar-refractivity contribution in [1.29, 1.82) is 0 Å². The van der Waals surface area contributed by atoms with Gasteiger partial charge in [-0.05, 0) is 54.5 Å². The number of aromatic amines is 2. The van der Waals surface area contributed by atoms with E-state index >= 15 is 0 Å². The number of methoxy groups -OCH3 is 1. The van der Waals surface area contributed by atoms with E-state index in [0.717, 1.165) is 21.5 Å². The number of para-hydroxylation sites is 1. The number of nitrogens with zero attached hydrogens (tertiary/aromatic N) is 2. The van der Waals surface area contributed by atoms with E-state index < -0.39 is 0 Å². The molecule has 2 aromatic carbocycles. The zero-order valence-corrected chi connectivity index (χ0v) is 18.0. The molecule has 7 nitrogen and oxygen atoms in total. The summed E-state index contributed by atoms with van der Waals surface area (Å²) in [4.78, 5) is 29.3. The minimum Gasteiger partial charge on any atom is -0.497 e. The maximum atomic E-state index is 13.2. The van der Waals surface area contributed by atoms with Crippen LogP contribution in [0.5, 0.6) is 5.75 Å². The van der Waals surface area contributed by atoms with Crippen LogP contribution in [0, 0.1) is 6.92 Å². The van der Waals surface area contributed by atoms with Gasteiger partial charge in [-0.3, -0.25) is 4.79 Å². The normalized spacial score (nSPS) is 11.4. The van der Waals surface area contributed by atoms with Gasteiger partial charge in [0.2, 0.25) is 0 Å². The number of benzene rings is 2. The van der Waals surface area contributed by atoms with E-state index in [1.165, 1.54) is 22.1 Å². The summed E-state index contributed by atoms with van der Waals surface area (Å²) in [5.74, 6) is 0.796. The molecule has 0 saturated heterocycles. The van der Waals surface area contributed by atoms with Crippen LogP contribution in [-0.4, -0.2) is 21.5 Å². The third-order valence-corrected chi connectivity index (χ3v) is 6.59. The summed E-state index contributed by atoms with van der Waals surface area (Å²) in [5, 5.41) is 4.30. The number of hydrogen-bond acceptors (Lipinski definition) is 4. The number of fused-ring (bicyclic) bond motifs is 2. The molecular weight excluding hydrogens is 412 g/mol. The molecule has 0 fully saturated rings. The van der Waals surface area contributed by atoms with Crippen molar-refractivity contribution >= 4 is 32.5 Å². The Labute approximate surface area is 181 Å². The van der Waals surface area contributed by atoms with Gasteiger partial charge in [0.25, 0.3) is 5.56 Å². The van der Waals surface area contributed by atoms with Gasteiger partial charge in [0.15, 0.2) is 0 Å². The number of nitrogens with one attached hydrogen (secondary N) is 2. The summed E-state index contributed by atoms with van der Waals surface area (Å²) in [6.07, 6.45) is 0.680. The van der Waals surface area contributed by atoms with Crippen molar-refractivity contribution in [3.05, 3.63) is 86.6 Å². The van der Waals surface area contributed by atoms with E-state index in [9.17, 15) is 9.59 Å². The van der Waals surface area contributed by atoms with Crippen LogP contribution in [0.25, 0.3) is 26.3 Å². The maximum Gasteiger partial charge on any atom is 0.369 e. The standard InChI is InChI=1S/C23H20N4O3S/c1-14-21-18(13-20(28)26(14)12-11-15-7-9-16(30-2)10-8-15)25-27(22(21)29)23-24-17-5-3-4-6-19(17)31-23/h3-10,13,25H,11-12H2,1-2H3/p+1.